The lowest BCUT2D eigenvalue weighted by Crippen LogP contribution is -2.35. The van der Waals surface area contributed by atoms with Crippen molar-refractivity contribution in [2.75, 3.05) is 0 Å². The maximum atomic E-state index is 10.6. The van der Waals surface area contributed by atoms with Gasteiger partial charge in [0.15, 0.2) is 0 Å². The first-order valence-corrected chi connectivity index (χ1v) is 4.74. The van der Waals surface area contributed by atoms with Gasteiger partial charge in [-0.25, -0.2) is 0 Å². The van der Waals surface area contributed by atoms with Gasteiger partial charge in [0.05, 0.1) is 0 Å². The number of carbonyl (C=O) groups excluding carboxylic acids is 1. The van der Waals surface area contributed by atoms with E-state index in [1.165, 1.54) is 32.1 Å². The average molecular weight is 170 g/mol. The van der Waals surface area contributed by atoms with E-state index in [1.54, 1.807) is 0 Å². The van der Waals surface area contributed by atoms with Gasteiger partial charge in [0.2, 0.25) is 5.91 Å². The Morgan fingerprint density at radius 3 is 2.42 bits per heavy atom. The van der Waals surface area contributed by atoms with Crippen LogP contribution in [0.3, 0.4) is 0 Å². The van der Waals surface area contributed by atoms with Gasteiger partial charge >= 0.3 is 0 Å². The molecule has 3 heteroatoms. The highest BCUT2D eigenvalue weighted by Gasteiger charge is 2.21. The van der Waals surface area contributed by atoms with Crippen LogP contribution in [0.4, 0.5) is 0 Å². The lowest BCUT2D eigenvalue weighted by molar-refractivity contribution is -0.118. The Morgan fingerprint density at radius 1 is 1.33 bits per heavy atom. The van der Waals surface area contributed by atoms with Crippen LogP contribution in [0, 0.1) is 5.92 Å². The smallest absolute Gasteiger partial charge is 0.218 e. The first-order chi connectivity index (χ1) is 5.70. The summed E-state index contributed by atoms with van der Waals surface area (Å²) in [5, 5.41) is 0. The molecule has 1 saturated carbocycles. The molecule has 3 nitrogen and oxygen atoms in total. The minimum absolute atomic E-state index is 0.00259. The van der Waals surface area contributed by atoms with Crippen LogP contribution < -0.4 is 11.5 Å². The molecule has 0 unspecified atom stereocenters. The van der Waals surface area contributed by atoms with Crippen LogP contribution in [0.25, 0.3) is 0 Å². The van der Waals surface area contributed by atoms with Crippen molar-refractivity contribution < 1.29 is 4.79 Å². The second kappa shape index (κ2) is 4.45. The SMILES string of the molecule is NC(=O)C[C@@H](N)C1CCCCC1. The molecule has 1 amide bonds. The van der Waals surface area contributed by atoms with Gasteiger partial charge in [-0.2, -0.15) is 0 Å². The lowest BCUT2D eigenvalue weighted by Gasteiger charge is -2.26. The molecular weight excluding hydrogens is 152 g/mol. The maximum absolute atomic E-state index is 10.6. The molecule has 0 aromatic rings. The minimum atomic E-state index is -0.270. The zero-order valence-electron chi connectivity index (χ0n) is 7.46. The number of amides is 1. The average Bonchev–Trinajstić information content (AvgIpc) is 2.05. The molecule has 0 aromatic heterocycles. The van der Waals surface area contributed by atoms with Crippen molar-refractivity contribution in [2.24, 2.45) is 17.4 Å². The summed E-state index contributed by atoms with van der Waals surface area (Å²) in [6.07, 6.45) is 6.54. The Bertz CT molecular complexity index is 153. The molecule has 0 aromatic carbocycles. The normalized spacial score (nSPS) is 22.1. The molecule has 1 atom stereocenters. The van der Waals surface area contributed by atoms with E-state index in [0.29, 0.717) is 12.3 Å². The molecule has 0 radical (unpaired) electrons. The van der Waals surface area contributed by atoms with Gasteiger partial charge in [-0.1, -0.05) is 19.3 Å². The fraction of sp³-hybridized carbons (Fsp3) is 0.889. The standard InChI is InChI=1S/C9H18N2O/c10-8(6-9(11)12)7-4-2-1-3-5-7/h7-8H,1-6,10H2,(H2,11,12)/t8-/m1/s1. The van der Waals surface area contributed by atoms with E-state index in [2.05, 4.69) is 0 Å². The largest absolute Gasteiger partial charge is 0.370 e. The first-order valence-electron chi connectivity index (χ1n) is 4.74. The van der Waals surface area contributed by atoms with Gasteiger partial charge in [0, 0.05) is 12.5 Å². The first kappa shape index (κ1) is 9.52. The number of nitrogens with two attached hydrogens (primary N) is 2. The Balaban J connectivity index is 2.29. The van der Waals surface area contributed by atoms with E-state index in [9.17, 15) is 4.79 Å². The van der Waals surface area contributed by atoms with Crippen molar-refractivity contribution in [1.29, 1.82) is 0 Å². The number of carbonyl (C=O) groups is 1. The third-order valence-corrected chi connectivity index (χ3v) is 2.69. The van der Waals surface area contributed by atoms with Crippen molar-refractivity contribution in [3.63, 3.8) is 0 Å². The quantitative estimate of drug-likeness (QED) is 0.656. The van der Waals surface area contributed by atoms with Crippen LogP contribution in [0.1, 0.15) is 38.5 Å². The Labute approximate surface area is 73.5 Å². The second-order valence-electron chi connectivity index (χ2n) is 3.73. The number of primary amides is 1. The summed E-state index contributed by atoms with van der Waals surface area (Å²) in [5.41, 5.74) is 10.9. The molecule has 1 rings (SSSR count). The van der Waals surface area contributed by atoms with E-state index in [1.807, 2.05) is 0 Å². The fourth-order valence-electron chi connectivity index (χ4n) is 1.96. The molecule has 1 aliphatic carbocycles. The van der Waals surface area contributed by atoms with Crippen LogP contribution in [0.5, 0.6) is 0 Å². The molecule has 70 valence electrons. The van der Waals surface area contributed by atoms with E-state index in [-0.39, 0.29) is 11.9 Å². The van der Waals surface area contributed by atoms with Gasteiger partial charge in [-0.15, -0.1) is 0 Å². The Hall–Kier alpha value is -0.570. The summed E-state index contributed by atoms with van der Waals surface area (Å²) in [5.74, 6) is 0.263. The van der Waals surface area contributed by atoms with Crippen LogP contribution in [0.2, 0.25) is 0 Å². The zero-order chi connectivity index (χ0) is 8.97. The molecule has 12 heavy (non-hydrogen) atoms. The summed E-state index contributed by atoms with van der Waals surface area (Å²) in [4.78, 5) is 10.6. The van der Waals surface area contributed by atoms with Crippen LogP contribution in [0.15, 0.2) is 0 Å². The lowest BCUT2D eigenvalue weighted by atomic mass is 9.83. The molecule has 0 heterocycles. The van der Waals surface area contributed by atoms with E-state index in [0.717, 1.165) is 0 Å². The molecule has 1 fully saturated rings. The van der Waals surface area contributed by atoms with Crippen LogP contribution >= 0.6 is 0 Å². The summed E-state index contributed by atoms with van der Waals surface area (Å²) in [6.45, 7) is 0. The van der Waals surface area contributed by atoms with Crippen molar-refractivity contribution in [3.05, 3.63) is 0 Å². The minimum Gasteiger partial charge on any atom is -0.370 e. The van der Waals surface area contributed by atoms with Gasteiger partial charge in [0.1, 0.15) is 0 Å². The van der Waals surface area contributed by atoms with Gasteiger partial charge in [0.25, 0.3) is 0 Å². The summed E-state index contributed by atoms with van der Waals surface area (Å²) < 4.78 is 0. The highest BCUT2D eigenvalue weighted by atomic mass is 16.1. The molecule has 0 aliphatic heterocycles. The van der Waals surface area contributed by atoms with Crippen LogP contribution in [-0.4, -0.2) is 11.9 Å². The highest BCUT2D eigenvalue weighted by molar-refractivity contribution is 5.74. The number of hydrogen-bond acceptors (Lipinski definition) is 2. The third-order valence-electron chi connectivity index (χ3n) is 2.69. The number of hydrogen-bond donors (Lipinski definition) is 2. The third kappa shape index (κ3) is 2.81. The number of rotatable bonds is 3. The Kier molecular flexibility index (Phi) is 3.53. The molecular formula is C9H18N2O. The summed E-state index contributed by atoms with van der Waals surface area (Å²) in [6, 6.07) is 0.00259. The molecule has 0 bridgehead atoms. The topological polar surface area (TPSA) is 69.1 Å². The molecule has 4 N–H and O–H groups in total. The van der Waals surface area contributed by atoms with Crippen molar-refractivity contribution in [3.8, 4) is 0 Å². The van der Waals surface area contributed by atoms with Crippen LogP contribution in [-0.2, 0) is 4.79 Å². The van der Waals surface area contributed by atoms with E-state index >= 15 is 0 Å². The maximum Gasteiger partial charge on any atom is 0.218 e. The zero-order valence-corrected chi connectivity index (χ0v) is 7.46. The summed E-state index contributed by atoms with van der Waals surface area (Å²) >= 11 is 0. The van der Waals surface area contributed by atoms with E-state index < -0.39 is 0 Å². The van der Waals surface area contributed by atoms with Gasteiger partial charge < -0.3 is 11.5 Å². The van der Waals surface area contributed by atoms with Crippen molar-refractivity contribution in [1.82, 2.24) is 0 Å². The molecule has 0 spiro atoms. The molecule has 1 aliphatic rings. The predicted octanol–water partition coefficient (Wildman–Crippen LogP) is 0.769. The predicted molar refractivity (Wildman–Crippen MR) is 48.4 cm³/mol. The second-order valence-corrected chi connectivity index (χ2v) is 3.73. The molecule has 0 saturated heterocycles. The highest BCUT2D eigenvalue weighted by Crippen LogP contribution is 2.26. The van der Waals surface area contributed by atoms with Crippen molar-refractivity contribution >= 4 is 5.91 Å². The van der Waals surface area contributed by atoms with E-state index in [4.69, 9.17) is 11.5 Å². The van der Waals surface area contributed by atoms with Gasteiger partial charge in [-0.05, 0) is 18.8 Å². The van der Waals surface area contributed by atoms with Gasteiger partial charge in [-0.3, -0.25) is 4.79 Å². The fourth-order valence-corrected chi connectivity index (χ4v) is 1.96. The van der Waals surface area contributed by atoms with Crippen molar-refractivity contribution in [2.45, 2.75) is 44.6 Å². The Morgan fingerprint density at radius 2 is 1.92 bits per heavy atom. The summed E-state index contributed by atoms with van der Waals surface area (Å²) in [7, 11) is 0. The monoisotopic (exact) mass is 170 g/mol.